The number of fused-ring (bicyclic) bond motifs is 1. The van der Waals surface area contributed by atoms with E-state index in [0.29, 0.717) is 25.1 Å². The molecule has 0 spiro atoms. The van der Waals surface area contributed by atoms with Crippen molar-refractivity contribution in [1.29, 1.82) is 0 Å². The SMILES string of the molecule is CN(CCOc1ccccc1F)C(=O)C1CC2CCCCC2N1.Cl. The van der Waals surface area contributed by atoms with Gasteiger partial charge in [-0.2, -0.15) is 0 Å². The Morgan fingerprint density at radius 2 is 2.08 bits per heavy atom. The Kier molecular flexibility index (Phi) is 6.87. The van der Waals surface area contributed by atoms with Crippen molar-refractivity contribution in [1.82, 2.24) is 10.2 Å². The molecule has 1 aromatic rings. The van der Waals surface area contributed by atoms with Crippen LogP contribution in [0, 0.1) is 11.7 Å². The molecule has 0 radical (unpaired) electrons. The first-order valence-corrected chi connectivity index (χ1v) is 8.53. The lowest BCUT2D eigenvalue weighted by Gasteiger charge is -2.24. The smallest absolute Gasteiger partial charge is 0.239 e. The highest BCUT2D eigenvalue weighted by Crippen LogP contribution is 2.33. The number of carbonyl (C=O) groups excluding carboxylic acids is 1. The predicted octanol–water partition coefficient (Wildman–Crippen LogP) is 3.01. The highest BCUT2D eigenvalue weighted by molar-refractivity contribution is 5.85. The molecule has 1 N–H and O–H groups in total. The zero-order chi connectivity index (χ0) is 16.2. The average Bonchev–Trinajstić information content (AvgIpc) is 2.99. The monoisotopic (exact) mass is 356 g/mol. The molecule has 1 amide bonds. The summed E-state index contributed by atoms with van der Waals surface area (Å²) >= 11 is 0. The first-order chi connectivity index (χ1) is 11.1. The van der Waals surface area contributed by atoms with Crippen LogP contribution in [0.3, 0.4) is 0 Å². The third-order valence-corrected chi connectivity index (χ3v) is 5.06. The van der Waals surface area contributed by atoms with Gasteiger partial charge in [-0.25, -0.2) is 4.39 Å². The van der Waals surface area contributed by atoms with Gasteiger partial charge in [-0.3, -0.25) is 4.79 Å². The number of halogens is 2. The van der Waals surface area contributed by atoms with Gasteiger partial charge in [-0.1, -0.05) is 25.0 Å². The number of hydrogen-bond acceptors (Lipinski definition) is 3. The number of amides is 1. The van der Waals surface area contributed by atoms with Crippen LogP contribution in [0.25, 0.3) is 0 Å². The van der Waals surface area contributed by atoms with Crippen molar-refractivity contribution < 1.29 is 13.9 Å². The lowest BCUT2D eigenvalue weighted by Crippen LogP contribution is -2.45. The lowest BCUT2D eigenvalue weighted by atomic mass is 9.85. The molecule has 3 unspecified atom stereocenters. The highest BCUT2D eigenvalue weighted by Gasteiger charge is 2.39. The predicted molar refractivity (Wildman–Crippen MR) is 94.1 cm³/mol. The molecule has 6 heteroatoms. The van der Waals surface area contributed by atoms with Crippen LogP contribution in [0.4, 0.5) is 4.39 Å². The van der Waals surface area contributed by atoms with Gasteiger partial charge in [0.2, 0.25) is 5.91 Å². The number of nitrogens with one attached hydrogen (secondary N) is 1. The molecule has 1 saturated carbocycles. The van der Waals surface area contributed by atoms with Gasteiger partial charge in [0, 0.05) is 13.1 Å². The maximum absolute atomic E-state index is 13.5. The fourth-order valence-electron chi connectivity index (χ4n) is 3.74. The van der Waals surface area contributed by atoms with Crippen molar-refractivity contribution in [3.8, 4) is 5.75 Å². The van der Waals surface area contributed by atoms with Crippen molar-refractivity contribution in [2.45, 2.75) is 44.2 Å². The van der Waals surface area contributed by atoms with E-state index in [4.69, 9.17) is 4.74 Å². The molecule has 0 bridgehead atoms. The normalized spacial score (nSPS) is 25.5. The number of carbonyl (C=O) groups is 1. The number of nitrogens with zero attached hydrogens (tertiary/aromatic N) is 1. The molecule has 1 heterocycles. The molecule has 1 aliphatic carbocycles. The Hall–Kier alpha value is -1.33. The zero-order valence-corrected chi connectivity index (χ0v) is 14.9. The van der Waals surface area contributed by atoms with Gasteiger partial charge in [0.15, 0.2) is 11.6 Å². The van der Waals surface area contributed by atoms with E-state index in [1.807, 2.05) is 0 Å². The summed E-state index contributed by atoms with van der Waals surface area (Å²) in [5.41, 5.74) is 0. The van der Waals surface area contributed by atoms with Crippen LogP contribution in [0.2, 0.25) is 0 Å². The quantitative estimate of drug-likeness (QED) is 0.881. The van der Waals surface area contributed by atoms with E-state index in [1.54, 1.807) is 30.1 Å². The van der Waals surface area contributed by atoms with Gasteiger partial charge in [-0.15, -0.1) is 12.4 Å². The minimum atomic E-state index is -0.372. The first-order valence-electron chi connectivity index (χ1n) is 8.53. The van der Waals surface area contributed by atoms with E-state index in [2.05, 4.69) is 5.32 Å². The van der Waals surface area contributed by atoms with E-state index in [0.717, 1.165) is 6.42 Å². The van der Waals surface area contributed by atoms with Crippen molar-refractivity contribution in [2.75, 3.05) is 20.2 Å². The zero-order valence-electron chi connectivity index (χ0n) is 14.0. The van der Waals surface area contributed by atoms with Crippen LogP contribution in [-0.4, -0.2) is 43.1 Å². The van der Waals surface area contributed by atoms with Crippen LogP contribution in [0.1, 0.15) is 32.1 Å². The van der Waals surface area contributed by atoms with E-state index in [1.165, 1.54) is 31.7 Å². The van der Waals surface area contributed by atoms with Gasteiger partial charge in [0.05, 0.1) is 12.6 Å². The van der Waals surface area contributed by atoms with Crippen molar-refractivity contribution in [3.63, 3.8) is 0 Å². The van der Waals surface area contributed by atoms with Crippen LogP contribution >= 0.6 is 12.4 Å². The number of rotatable bonds is 5. The second kappa shape index (κ2) is 8.67. The number of benzene rings is 1. The molecule has 1 aromatic carbocycles. The lowest BCUT2D eigenvalue weighted by molar-refractivity contribution is -0.132. The van der Waals surface area contributed by atoms with Crippen molar-refractivity contribution in [2.24, 2.45) is 5.92 Å². The number of hydrogen-bond donors (Lipinski definition) is 1. The Morgan fingerprint density at radius 1 is 1.33 bits per heavy atom. The van der Waals surface area contributed by atoms with Crippen LogP contribution in [0.15, 0.2) is 24.3 Å². The first kappa shape index (κ1) is 19.0. The number of para-hydroxylation sites is 1. The van der Waals surface area contributed by atoms with Crippen LogP contribution in [0.5, 0.6) is 5.75 Å². The summed E-state index contributed by atoms with van der Waals surface area (Å²) in [6.07, 6.45) is 5.93. The van der Waals surface area contributed by atoms with Gasteiger partial charge in [-0.05, 0) is 37.3 Å². The molecule has 3 atom stereocenters. The molecule has 24 heavy (non-hydrogen) atoms. The maximum Gasteiger partial charge on any atom is 0.239 e. The summed E-state index contributed by atoms with van der Waals surface area (Å²) in [7, 11) is 1.79. The largest absolute Gasteiger partial charge is 0.489 e. The van der Waals surface area contributed by atoms with Gasteiger partial charge >= 0.3 is 0 Å². The van der Waals surface area contributed by atoms with Crippen molar-refractivity contribution in [3.05, 3.63) is 30.1 Å². The van der Waals surface area contributed by atoms with E-state index in [9.17, 15) is 9.18 Å². The Bertz CT molecular complexity index is 544. The average molecular weight is 357 g/mol. The van der Waals surface area contributed by atoms with E-state index in [-0.39, 0.29) is 35.9 Å². The minimum absolute atomic E-state index is 0. The standard InChI is InChI=1S/C18H25FN2O2.ClH/c1-21(10-11-23-17-9-5-3-7-14(17)19)18(22)16-12-13-6-2-4-8-15(13)20-16;/h3,5,7,9,13,15-16,20H,2,4,6,8,10-12H2,1H3;1H. The molecule has 1 aliphatic heterocycles. The molecular weight excluding hydrogens is 331 g/mol. The van der Waals surface area contributed by atoms with E-state index >= 15 is 0 Å². The second-order valence-corrected chi connectivity index (χ2v) is 6.64. The molecular formula is C18H26ClFN2O2. The topological polar surface area (TPSA) is 41.6 Å². The minimum Gasteiger partial charge on any atom is -0.489 e. The number of ether oxygens (including phenoxy) is 1. The van der Waals surface area contributed by atoms with Crippen LogP contribution < -0.4 is 10.1 Å². The summed E-state index contributed by atoms with van der Waals surface area (Å²) in [5, 5.41) is 3.50. The van der Waals surface area contributed by atoms with Gasteiger partial charge in [0.1, 0.15) is 6.61 Å². The molecule has 4 nitrogen and oxygen atoms in total. The molecule has 2 fully saturated rings. The fraction of sp³-hybridized carbons (Fsp3) is 0.611. The molecule has 3 rings (SSSR count). The molecule has 134 valence electrons. The van der Waals surface area contributed by atoms with Crippen LogP contribution in [-0.2, 0) is 4.79 Å². The molecule has 0 aromatic heterocycles. The molecule has 2 aliphatic rings. The summed E-state index contributed by atoms with van der Waals surface area (Å²) in [6, 6.07) is 6.78. The fourth-order valence-corrected chi connectivity index (χ4v) is 3.74. The van der Waals surface area contributed by atoms with Gasteiger partial charge in [0.25, 0.3) is 0 Å². The highest BCUT2D eigenvalue weighted by atomic mass is 35.5. The third kappa shape index (κ3) is 4.39. The maximum atomic E-state index is 13.5. The molecule has 1 saturated heterocycles. The Balaban J connectivity index is 0.00000208. The van der Waals surface area contributed by atoms with Crippen molar-refractivity contribution >= 4 is 18.3 Å². The van der Waals surface area contributed by atoms with Gasteiger partial charge < -0.3 is 15.0 Å². The summed E-state index contributed by atoms with van der Waals surface area (Å²) in [4.78, 5) is 14.2. The third-order valence-electron chi connectivity index (χ3n) is 5.06. The summed E-state index contributed by atoms with van der Waals surface area (Å²) in [5.74, 6) is 0.638. The number of likely N-dealkylation sites (N-methyl/N-ethyl adjacent to an activating group) is 1. The van der Waals surface area contributed by atoms with E-state index < -0.39 is 0 Å². The summed E-state index contributed by atoms with van der Waals surface area (Å²) in [6.45, 7) is 0.753. The summed E-state index contributed by atoms with van der Waals surface area (Å²) < 4.78 is 18.9. The Morgan fingerprint density at radius 3 is 2.83 bits per heavy atom. The Labute approximate surface area is 149 Å². The second-order valence-electron chi connectivity index (χ2n) is 6.64.